The number of rotatable bonds is 3. The first-order chi connectivity index (χ1) is 8.97. The van der Waals surface area contributed by atoms with Crippen molar-refractivity contribution in [3.63, 3.8) is 0 Å². The van der Waals surface area contributed by atoms with Gasteiger partial charge in [-0.3, -0.25) is 0 Å². The summed E-state index contributed by atoms with van der Waals surface area (Å²) >= 11 is 5.97. The van der Waals surface area contributed by atoms with Crippen molar-refractivity contribution in [1.29, 1.82) is 0 Å². The Morgan fingerprint density at radius 3 is 2.58 bits per heavy atom. The van der Waals surface area contributed by atoms with Gasteiger partial charge < -0.3 is 10.5 Å². The maximum Gasteiger partial charge on any atom is 0.123 e. The summed E-state index contributed by atoms with van der Waals surface area (Å²) in [6.07, 6.45) is 0. The third-order valence-electron chi connectivity index (χ3n) is 3.25. The van der Waals surface area contributed by atoms with Crippen LogP contribution in [0.2, 0.25) is 5.02 Å². The summed E-state index contributed by atoms with van der Waals surface area (Å²) in [6, 6.07) is 9.62. The average Bonchev–Trinajstić information content (AvgIpc) is 2.35. The van der Waals surface area contributed by atoms with Gasteiger partial charge in [0.05, 0.1) is 0 Å². The van der Waals surface area contributed by atoms with E-state index in [2.05, 4.69) is 26.8 Å². The highest BCUT2D eigenvalue weighted by Gasteiger charge is 2.06. The van der Waals surface area contributed by atoms with Gasteiger partial charge in [-0.05, 0) is 61.7 Å². The summed E-state index contributed by atoms with van der Waals surface area (Å²) in [6.45, 7) is 6.64. The minimum Gasteiger partial charge on any atom is -0.489 e. The highest BCUT2D eigenvalue weighted by molar-refractivity contribution is 6.30. The van der Waals surface area contributed by atoms with Crippen molar-refractivity contribution in [1.82, 2.24) is 0 Å². The predicted molar refractivity (Wildman–Crippen MR) is 80.8 cm³/mol. The lowest BCUT2D eigenvalue weighted by Crippen LogP contribution is -2.02. The van der Waals surface area contributed by atoms with Crippen molar-refractivity contribution in [2.45, 2.75) is 27.4 Å². The SMILES string of the molecule is Cc1cc(C)c(C)c(OCc2cc(Cl)ccc2N)c1. The standard InChI is InChI=1S/C16H18ClNO/c1-10-6-11(2)12(3)16(7-10)19-9-13-8-14(17)4-5-15(13)18/h4-8H,9,18H2,1-3H3. The predicted octanol–water partition coefficient (Wildman–Crippen LogP) is 4.43. The van der Waals surface area contributed by atoms with Gasteiger partial charge in [0.2, 0.25) is 0 Å². The second kappa shape index (κ2) is 5.54. The highest BCUT2D eigenvalue weighted by Crippen LogP contribution is 2.25. The van der Waals surface area contributed by atoms with Gasteiger partial charge >= 0.3 is 0 Å². The van der Waals surface area contributed by atoms with Crippen molar-refractivity contribution in [2.75, 3.05) is 5.73 Å². The Balaban J connectivity index is 2.21. The molecular weight excluding hydrogens is 258 g/mol. The van der Waals surface area contributed by atoms with E-state index in [0.717, 1.165) is 16.9 Å². The van der Waals surface area contributed by atoms with Gasteiger partial charge in [-0.25, -0.2) is 0 Å². The van der Waals surface area contributed by atoms with E-state index in [9.17, 15) is 0 Å². The molecule has 0 aliphatic carbocycles. The molecule has 0 amide bonds. The number of hydrogen-bond donors (Lipinski definition) is 1. The summed E-state index contributed by atoms with van der Waals surface area (Å²) in [5, 5.41) is 0.671. The van der Waals surface area contributed by atoms with Crippen LogP contribution in [-0.2, 0) is 6.61 Å². The number of benzene rings is 2. The lowest BCUT2D eigenvalue weighted by Gasteiger charge is -2.13. The van der Waals surface area contributed by atoms with Crippen LogP contribution in [0.1, 0.15) is 22.3 Å². The molecule has 0 saturated carbocycles. The first kappa shape index (κ1) is 13.8. The molecular formula is C16H18ClNO. The number of halogens is 1. The molecule has 2 aromatic carbocycles. The fraction of sp³-hybridized carbons (Fsp3) is 0.250. The van der Waals surface area contributed by atoms with Gasteiger partial charge in [0, 0.05) is 16.3 Å². The van der Waals surface area contributed by atoms with Crippen molar-refractivity contribution < 1.29 is 4.74 Å². The zero-order chi connectivity index (χ0) is 14.0. The Hall–Kier alpha value is -1.67. The topological polar surface area (TPSA) is 35.2 Å². The lowest BCUT2D eigenvalue weighted by molar-refractivity contribution is 0.304. The van der Waals surface area contributed by atoms with Crippen molar-refractivity contribution in [3.05, 3.63) is 57.6 Å². The van der Waals surface area contributed by atoms with Crippen LogP contribution in [0, 0.1) is 20.8 Å². The fourth-order valence-electron chi connectivity index (χ4n) is 2.01. The lowest BCUT2D eigenvalue weighted by atomic mass is 10.1. The molecule has 0 atom stereocenters. The molecule has 2 N–H and O–H groups in total. The number of nitrogen functional groups attached to an aromatic ring is 1. The fourth-order valence-corrected chi connectivity index (χ4v) is 2.20. The van der Waals surface area contributed by atoms with Crippen LogP contribution in [0.15, 0.2) is 30.3 Å². The third kappa shape index (κ3) is 3.21. The van der Waals surface area contributed by atoms with Gasteiger partial charge in [-0.1, -0.05) is 17.7 Å². The van der Waals surface area contributed by atoms with Crippen LogP contribution >= 0.6 is 11.6 Å². The van der Waals surface area contributed by atoms with E-state index in [1.807, 2.05) is 12.1 Å². The van der Waals surface area contributed by atoms with Gasteiger partial charge in [-0.2, -0.15) is 0 Å². The molecule has 0 aliphatic rings. The summed E-state index contributed by atoms with van der Waals surface area (Å²) in [7, 11) is 0. The highest BCUT2D eigenvalue weighted by atomic mass is 35.5. The molecule has 3 heteroatoms. The van der Waals surface area contributed by atoms with E-state index in [0.29, 0.717) is 17.3 Å². The van der Waals surface area contributed by atoms with Crippen LogP contribution in [0.4, 0.5) is 5.69 Å². The second-order valence-electron chi connectivity index (χ2n) is 4.84. The zero-order valence-corrected chi connectivity index (χ0v) is 12.2. The van der Waals surface area contributed by atoms with Crippen molar-refractivity contribution >= 4 is 17.3 Å². The van der Waals surface area contributed by atoms with Crippen LogP contribution in [0.25, 0.3) is 0 Å². The van der Waals surface area contributed by atoms with E-state index in [1.54, 1.807) is 12.1 Å². The van der Waals surface area contributed by atoms with E-state index in [-0.39, 0.29) is 0 Å². The molecule has 19 heavy (non-hydrogen) atoms. The molecule has 2 rings (SSSR count). The Morgan fingerprint density at radius 2 is 1.84 bits per heavy atom. The van der Waals surface area contributed by atoms with E-state index in [4.69, 9.17) is 22.1 Å². The molecule has 0 heterocycles. The normalized spacial score (nSPS) is 10.5. The average molecular weight is 276 g/mol. The number of nitrogens with two attached hydrogens (primary N) is 1. The minimum atomic E-state index is 0.427. The number of anilines is 1. The van der Waals surface area contributed by atoms with Crippen LogP contribution in [-0.4, -0.2) is 0 Å². The Bertz CT molecular complexity index is 608. The van der Waals surface area contributed by atoms with E-state index in [1.165, 1.54) is 11.1 Å². The van der Waals surface area contributed by atoms with Crippen molar-refractivity contribution in [3.8, 4) is 5.75 Å². The van der Waals surface area contributed by atoms with Crippen LogP contribution < -0.4 is 10.5 Å². The minimum absolute atomic E-state index is 0.427. The molecule has 0 aliphatic heterocycles. The zero-order valence-electron chi connectivity index (χ0n) is 11.5. The summed E-state index contributed by atoms with van der Waals surface area (Å²) in [4.78, 5) is 0. The largest absolute Gasteiger partial charge is 0.489 e. The molecule has 2 nitrogen and oxygen atoms in total. The number of hydrogen-bond acceptors (Lipinski definition) is 2. The maximum atomic E-state index is 5.97. The first-order valence-electron chi connectivity index (χ1n) is 6.22. The third-order valence-corrected chi connectivity index (χ3v) is 3.49. The van der Waals surface area contributed by atoms with Crippen LogP contribution in [0.3, 0.4) is 0 Å². The Labute approximate surface area is 119 Å². The molecule has 0 spiro atoms. The van der Waals surface area contributed by atoms with Crippen molar-refractivity contribution in [2.24, 2.45) is 0 Å². The van der Waals surface area contributed by atoms with Gasteiger partial charge in [0.15, 0.2) is 0 Å². The number of ether oxygens (including phenoxy) is 1. The quantitative estimate of drug-likeness (QED) is 0.841. The van der Waals surface area contributed by atoms with Gasteiger partial charge in [0.25, 0.3) is 0 Å². The van der Waals surface area contributed by atoms with Gasteiger partial charge in [0.1, 0.15) is 12.4 Å². The summed E-state index contributed by atoms with van der Waals surface area (Å²) in [5.74, 6) is 0.900. The maximum absolute atomic E-state index is 5.97. The molecule has 100 valence electrons. The smallest absolute Gasteiger partial charge is 0.123 e. The molecule has 0 fully saturated rings. The van der Waals surface area contributed by atoms with Gasteiger partial charge in [-0.15, -0.1) is 0 Å². The number of aryl methyl sites for hydroxylation is 2. The Kier molecular flexibility index (Phi) is 4.01. The monoisotopic (exact) mass is 275 g/mol. The molecule has 0 bridgehead atoms. The first-order valence-corrected chi connectivity index (χ1v) is 6.59. The molecule has 0 aromatic heterocycles. The van der Waals surface area contributed by atoms with Crippen LogP contribution in [0.5, 0.6) is 5.75 Å². The molecule has 2 aromatic rings. The van der Waals surface area contributed by atoms with E-state index >= 15 is 0 Å². The van der Waals surface area contributed by atoms with E-state index < -0.39 is 0 Å². The molecule has 0 radical (unpaired) electrons. The summed E-state index contributed by atoms with van der Waals surface area (Å²) < 4.78 is 5.88. The molecule has 0 unspecified atom stereocenters. The molecule has 0 saturated heterocycles. The second-order valence-corrected chi connectivity index (χ2v) is 5.27. The summed E-state index contributed by atoms with van der Waals surface area (Å²) in [5.41, 5.74) is 11.1. The Morgan fingerprint density at radius 1 is 1.11 bits per heavy atom.